The first-order chi connectivity index (χ1) is 13.6. The molecule has 0 radical (unpaired) electrons. The van der Waals surface area contributed by atoms with Gasteiger partial charge in [0.25, 0.3) is 5.91 Å². The normalized spacial score (nSPS) is 18.7. The molecule has 1 aromatic carbocycles. The van der Waals surface area contributed by atoms with Crippen LogP contribution in [0.4, 0.5) is 5.69 Å². The van der Waals surface area contributed by atoms with Gasteiger partial charge in [0.15, 0.2) is 0 Å². The Morgan fingerprint density at radius 3 is 2.64 bits per heavy atom. The maximum absolute atomic E-state index is 13.3. The van der Waals surface area contributed by atoms with Crippen molar-refractivity contribution >= 4 is 17.5 Å². The van der Waals surface area contributed by atoms with Crippen molar-refractivity contribution in [3.63, 3.8) is 0 Å². The van der Waals surface area contributed by atoms with Crippen LogP contribution in [0.15, 0.2) is 47.6 Å². The minimum absolute atomic E-state index is 0.108. The van der Waals surface area contributed by atoms with Crippen molar-refractivity contribution in [3.05, 3.63) is 59.2 Å². The summed E-state index contributed by atoms with van der Waals surface area (Å²) in [6, 6.07) is 11.6. The fraction of sp³-hybridized carbons (Fsp3) is 0.435. The van der Waals surface area contributed by atoms with Crippen molar-refractivity contribution in [3.8, 4) is 0 Å². The molecular weight excluding hydrogens is 350 g/mol. The van der Waals surface area contributed by atoms with Crippen molar-refractivity contribution in [1.29, 1.82) is 0 Å². The first-order valence-corrected chi connectivity index (χ1v) is 10.3. The first-order valence-electron chi connectivity index (χ1n) is 10.3. The lowest BCUT2D eigenvalue weighted by Crippen LogP contribution is -2.30. The third-order valence-electron chi connectivity index (χ3n) is 5.68. The van der Waals surface area contributed by atoms with E-state index in [2.05, 4.69) is 0 Å². The number of rotatable bonds is 3. The summed E-state index contributed by atoms with van der Waals surface area (Å²) in [6.07, 6.45) is 9.14. The predicted octanol–water partition coefficient (Wildman–Crippen LogP) is 3.85. The van der Waals surface area contributed by atoms with Gasteiger partial charge in [0, 0.05) is 30.4 Å². The smallest absolute Gasteiger partial charge is 0.263 e. The summed E-state index contributed by atoms with van der Waals surface area (Å²) >= 11 is 0. The molecule has 146 valence electrons. The predicted molar refractivity (Wildman–Crippen MR) is 109 cm³/mol. The molecule has 2 heterocycles. The van der Waals surface area contributed by atoms with Gasteiger partial charge in [0.2, 0.25) is 5.91 Å². The number of hydrogen-bond donors (Lipinski definition) is 0. The van der Waals surface area contributed by atoms with Crippen LogP contribution >= 0.6 is 0 Å². The fourth-order valence-electron chi connectivity index (χ4n) is 4.13. The minimum Gasteiger partial charge on any atom is -0.312 e. The van der Waals surface area contributed by atoms with Crippen LogP contribution in [0.1, 0.15) is 60.9 Å². The average Bonchev–Trinajstić information content (AvgIpc) is 3.14. The highest BCUT2D eigenvalue weighted by molar-refractivity contribution is 5.99. The van der Waals surface area contributed by atoms with E-state index in [1.807, 2.05) is 49.5 Å². The molecule has 0 bridgehead atoms. The number of carbonyl (C=O) groups excluding carboxylic acids is 2. The van der Waals surface area contributed by atoms with Crippen LogP contribution < -0.4 is 10.4 Å². The van der Waals surface area contributed by atoms with E-state index in [1.54, 1.807) is 9.47 Å². The van der Waals surface area contributed by atoms with Gasteiger partial charge in [-0.2, -0.15) is 0 Å². The van der Waals surface area contributed by atoms with Gasteiger partial charge >= 0.3 is 0 Å². The lowest BCUT2D eigenvalue weighted by atomic mass is 9.96. The van der Waals surface area contributed by atoms with Crippen LogP contribution in [0.2, 0.25) is 0 Å². The molecule has 5 heteroatoms. The summed E-state index contributed by atoms with van der Waals surface area (Å²) in [7, 11) is 0. The Balaban J connectivity index is 1.68. The van der Waals surface area contributed by atoms with Gasteiger partial charge in [0.05, 0.1) is 6.04 Å². The molecule has 5 nitrogen and oxygen atoms in total. The molecule has 1 aliphatic carbocycles. The van der Waals surface area contributed by atoms with E-state index in [-0.39, 0.29) is 11.8 Å². The number of hydrogen-bond acceptors (Lipinski definition) is 3. The zero-order valence-corrected chi connectivity index (χ0v) is 16.4. The summed E-state index contributed by atoms with van der Waals surface area (Å²) in [4.78, 5) is 32.0. The Morgan fingerprint density at radius 1 is 1.07 bits per heavy atom. The lowest BCUT2D eigenvalue weighted by molar-refractivity contribution is -0.117. The zero-order valence-electron chi connectivity index (χ0n) is 16.4. The Hall–Kier alpha value is -2.69. The zero-order chi connectivity index (χ0) is 19.5. The molecule has 1 saturated heterocycles. The highest BCUT2D eigenvalue weighted by Gasteiger charge is 2.22. The van der Waals surface area contributed by atoms with Gasteiger partial charge in [-0.05, 0) is 62.1 Å². The first kappa shape index (κ1) is 18.7. The van der Waals surface area contributed by atoms with E-state index in [0.29, 0.717) is 18.0 Å². The van der Waals surface area contributed by atoms with Crippen molar-refractivity contribution in [2.24, 2.45) is 4.99 Å². The van der Waals surface area contributed by atoms with Crippen LogP contribution in [0.25, 0.3) is 0 Å². The molecular formula is C23H27N3O2. The van der Waals surface area contributed by atoms with Crippen LogP contribution in [0, 0.1) is 6.92 Å². The number of amides is 1. The van der Waals surface area contributed by atoms with Crippen molar-refractivity contribution < 1.29 is 9.59 Å². The Bertz CT molecular complexity index is 954. The van der Waals surface area contributed by atoms with E-state index in [1.165, 1.54) is 19.3 Å². The summed E-state index contributed by atoms with van der Waals surface area (Å²) in [5, 5.41) is 0. The molecule has 2 aliphatic rings. The summed E-state index contributed by atoms with van der Waals surface area (Å²) in [5.41, 5.74) is 3.19. The monoisotopic (exact) mass is 377 g/mol. The molecule has 0 unspecified atom stereocenters. The Kier molecular flexibility index (Phi) is 5.42. The Labute approximate surface area is 165 Å². The SMILES string of the molecule is Cc1ccn(C(=O)c2cccc(N3CCCC3=O)c2)c(=NC2CCCCC2)c1. The van der Waals surface area contributed by atoms with Gasteiger partial charge in [-0.15, -0.1) is 0 Å². The number of anilines is 1. The molecule has 1 amide bonds. The maximum atomic E-state index is 13.3. The van der Waals surface area contributed by atoms with Gasteiger partial charge in [-0.25, -0.2) is 0 Å². The van der Waals surface area contributed by atoms with Gasteiger partial charge in [-0.1, -0.05) is 25.3 Å². The second-order valence-corrected chi connectivity index (χ2v) is 7.86. The quantitative estimate of drug-likeness (QED) is 0.816. The topological polar surface area (TPSA) is 54.7 Å². The summed E-state index contributed by atoms with van der Waals surface area (Å²) < 4.78 is 1.65. The molecule has 1 aliphatic heterocycles. The van der Waals surface area contributed by atoms with E-state index in [0.717, 1.165) is 42.5 Å². The molecule has 0 N–H and O–H groups in total. The molecule has 1 saturated carbocycles. The van der Waals surface area contributed by atoms with E-state index in [9.17, 15) is 9.59 Å². The van der Waals surface area contributed by atoms with Crippen LogP contribution in [0.5, 0.6) is 0 Å². The number of carbonyl (C=O) groups is 2. The van der Waals surface area contributed by atoms with E-state index < -0.39 is 0 Å². The molecule has 2 fully saturated rings. The van der Waals surface area contributed by atoms with Crippen molar-refractivity contribution in [1.82, 2.24) is 4.57 Å². The maximum Gasteiger partial charge on any atom is 0.263 e. The number of aryl methyl sites for hydroxylation is 1. The van der Waals surface area contributed by atoms with Crippen LogP contribution in [-0.2, 0) is 4.79 Å². The number of benzene rings is 1. The van der Waals surface area contributed by atoms with Gasteiger partial charge in [0.1, 0.15) is 5.49 Å². The molecule has 0 atom stereocenters. The van der Waals surface area contributed by atoms with Crippen LogP contribution in [0.3, 0.4) is 0 Å². The third kappa shape index (κ3) is 3.93. The molecule has 4 rings (SSSR count). The van der Waals surface area contributed by atoms with Gasteiger partial charge < -0.3 is 4.90 Å². The molecule has 1 aromatic heterocycles. The van der Waals surface area contributed by atoms with E-state index in [4.69, 9.17) is 4.99 Å². The van der Waals surface area contributed by atoms with E-state index >= 15 is 0 Å². The standard InChI is InChI=1S/C23H27N3O2/c1-17-12-14-26(21(15-17)24-19-8-3-2-4-9-19)23(28)18-7-5-10-20(16-18)25-13-6-11-22(25)27/h5,7,10,12,14-16,19H,2-4,6,8-9,11,13H2,1H3. The lowest BCUT2D eigenvalue weighted by Gasteiger charge is -2.18. The van der Waals surface area contributed by atoms with Crippen LogP contribution in [-0.4, -0.2) is 29.0 Å². The Morgan fingerprint density at radius 2 is 1.89 bits per heavy atom. The van der Waals surface area contributed by atoms with Crippen molar-refractivity contribution in [2.75, 3.05) is 11.4 Å². The molecule has 2 aromatic rings. The third-order valence-corrected chi connectivity index (χ3v) is 5.68. The molecule has 28 heavy (non-hydrogen) atoms. The second kappa shape index (κ2) is 8.13. The summed E-state index contributed by atoms with van der Waals surface area (Å²) in [5.74, 6) is 0.0173. The highest BCUT2D eigenvalue weighted by atomic mass is 16.2. The second-order valence-electron chi connectivity index (χ2n) is 7.86. The van der Waals surface area contributed by atoms with Crippen molar-refractivity contribution in [2.45, 2.75) is 57.9 Å². The molecule has 0 spiro atoms. The minimum atomic E-state index is -0.108. The van der Waals surface area contributed by atoms with Gasteiger partial charge in [-0.3, -0.25) is 19.1 Å². The fourth-order valence-corrected chi connectivity index (χ4v) is 4.13. The number of nitrogens with zero attached hydrogens (tertiary/aromatic N) is 3. The largest absolute Gasteiger partial charge is 0.312 e. The number of aromatic nitrogens is 1. The average molecular weight is 377 g/mol. The summed E-state index contributed by atoms with van der Waals surface area (Å²) in [6.45, 7) is 2.74. The number of pyridine rings is 1. The highest BCUT2D eigenvalue weighted by Crippen LogP contribution is 2.23.